The summed E-state index contributed by atoms with van der Waals surface area (Å²) >= 11 is 1.44. The fourth-order valence-electron chi connectivity index (χ4n) is 3.47. The van der Waals surface area contributed by atoms with Gasteiger partial charge in [-0.3, -0.25) is 9.48 Å². The van der Waals surface area contributed by atoms with Crippen LogP contribution in [0.25, 0.3) is 0 Å². The van der Waals surface area contributed by atoms with Crippen molar-refractivity contribution in [2.75, 3.05) is 12.3 Å². The third kappa shape index (κ3) is 3.90. The second-order valence-corrected chi connectivity index (χ2v) is 7.76. The van der Waals surface area contributed by atoms with Crippen molar-refractivity contribution in [2.45, 2.75) is 17.4 Å². The molecule has 4 rings (SSSR count). The topological polar surface area (TPSA) is 38.1 Å². The van der Waals surface area contributed by atoms with Crippen LogP contribution in [0.15, 0.2) is 65.8 Å². The fraction of sp³-hybridized carbons (Fsp3) is 0.238. The van der Waals surface area contributed by atoms with E-state index >= 15 is 0 Å². The molecular formula is C21H20FN3OS. The van der Waals surface area contributed by atoms with E-state index in [1.807, 2.05) is 36.5 Å². The molecule has 0 saturated carbocycles. The number of hydrogen-bond donors (Lipinski definition) is 0. The average molecular weight is 381 g/mol. The minimum absolute atomic E-state index is 0.0905. The number of aryl methyl sites for hydroxylation is 1. The van der Waals surface area contributed by atoms with Gasteiger partial charge in [0.25, 0.3) is 0 Å². The molecular weight excluding hydrogens is 361 g/mol. The zero-order chi connectivity index (χ0) is 18.8. The highest BCUT2D eigenvalue weighted by molar-refractivity contribution is 8.00. The standard InChI is InChI=1S/C21H20FN3OS/c1-24-11-16(10-23-24)20-13-25(12-15-4-2-3-5-19(15)20)21(26)14-27-18-8-6-17(22)7-9-18/h2-11,20H,12-14H2,1H3/t20-/m1/s1. The summed E-state index contributed by atoms with van der Waals surface area (Å²) in [7, 11) is 1.90. The molecule has 1 aromatic heterocycles. The molecule has 2 aromatic carbocycles. The molecule has 1 atom stereocenters. The second-order valence-electron chi connectivity index (χ2n) is 6.72. The van der Waals surface area contributed by atoms with Crippen LogP contribution in [-0.2, 0) is 18.4 Å². The highest BCUT2D eigenvalue weighted by Gasteiger charge is 2.29. The maximum atomic E-state index is 13.0. The largest absolute Gasteiger partial charge is 0.337 e. The van der Waals surface area contributed by atoms with Gasteiger partial charge in [0, 0.05) is 37.1 Å². The first-order valence-electron chi connectivity index (χ1n) is 8.82. The average Bonchev–Trinajstić information content (AvgIpc) is 3.12. The summed E-state index contributed by atoms with van der Waals surface area (Å²) in [4.78, 5) is 15.6. The van der Waals surface area contributed by atoms with E-state index in [1.165, 1.54) is 35.0 Å². The highest BCUT2D eigenvalue weighted by Crippen LogP contribution is 2.33. The maximum absolute atomic E-state index is 13.0. The molecule has 138 valence electrons. The van der Waals surface area contributed by atoms with Crippen molar-refractivity contribution in [3.63, 3.8) is 0 Å². The van der Waals surface area contributed by atoms with Gasteiger partial charge in [-0.05, 0) is 41.0 Å². The molecule has 0 aliphatic carbocycles. The summed E-state index contributed by atoms with van der Waals surface area (Å²) in [6.45, 7) is 1.27. The zero-order valence-electron chi connectivity index (χ0n) is 15.0. The van der Waals surface area contributed by atoms with Crippen molar-refractivity contribution >= 4 is 17.7 Å². The van der Waals surface area contributed by atoms with Gasteiger partial charge in [0.15, 0.2) is 0 Å². The first-order chi connectivity index (χ1) is 13.1. The SMILES string of the molecule is Cn1cc([C@H]2CN(C(=O)CSc3ccc(F)cc3)Cc3ccccc32)cn1. The first kappa shape index (κ1) is 17.8. The number of nitrogens with zero attached hydrogens (tertiary/aromatic N) is 3. The van der Waals surface area contributed by atoms with Gasteiger partial charge < -0.3 is 4.90 Å². The minimum atomic E-state index is -0.266. The quantitative estimate of drug-likeness (QED) is 0.645. The number of carbonyl (C=O) groups is 1. The van der Waals surface area contributed by atoms with Gasteiger partial charge in [-0.15, -0.1) is 11.8 Å². The zero-order valence-corrected chi connectivity index (χ0v) is 15.8. The number of aromatic nitrogens is 2. The predicted octanol–water partition coefficient (Wildman–Crippen LogP) is 3.83. The number of carbonyl (C=O) groups excluding carboxylic acids is 1. The van der Waals surface area contributed by atoms with E-state index in [-0.39, 0.29) is 17.6 Å². The van der Waals surface area contributed by atoms with Crippen LogP contribution in [0.3, 0.4) is 0 Å². The lowest BCUT2D eigenvalue weighted by Gasteiger charge is -2.34. The number of halogens is 1. The smallest absolute Gasteiger partial charge is 0.233 e. The van der Waals surface area contributed by atoms with Crippen LogP contribution >= 0.6 is 11.8 Å². The van der Waals surface area contributed by atoms with Crippen molar-refractivity contribution in [1.29, 1.82) is 0 Å². The minimum Gasteiger partial charge on any atom is -0.337 e. The number of thioether (sulfide) groups is 1. The number of fused-ring (bicyclic) bond motifs is 1. The van der Waals surface area contributed by atoms with Gasteiger partial charge in [0.1, 0.15) is 5.82 Å². The van der Waals surface area contributed by atoms with Gasteiger partial charge in [0.05, 0.1) is 11.9 Å². The lowest BCUT2D eigenvalue weighted by Crippen LogP contribution is -2.39. The Morgan fingerprint density at radius 1 is 1.22 bits per heavy atom. The van der Waals surface area contributed by atoms with E-state index in [4.69, 9.17) is 0 Å². The number of benzene rings is 2. The van der Waals surface area contributed by atoms with Gasteiger partial charge in [-0.1, -0.05) is 24.3 Å². The number of rotatable bonds is 4. The molecule has 0 saturated heterocycles. The van der Waals surface area contributed by atoms with Crippen LogP contribution in [0.1, 0.15) is 22.6 Å². The molecule has 0 spiro atoms. The van der Waals surface area contributed by atoms with Crippen molar-refractivity contribution in [3.05, 3.63) is 83.4 Å². The monoisotopic (exact) mass is 381 g/mol. The summed E-state index contributed by atoms with van der Waals surface area (Å²) in [5, 5.41) is 4.30. The predicted molar refractivity (Wildman–Crippen MR) is 104 cm³/mol. The summed E-state index contributed by atoms with van der Waals surface area (Å²) in [5.41, 5.74) is 3.56. The van der Waals surface area contributed by atoms with E-state index in [9.17, 15) is 9.18 Å². The molecule has 2 heterocycles. The lowest BCUT2D eigenvalue weighted by molar-refractivity contribution is -0.129. The Morgan fingerprint density at radius 3 is 2.74 bits per heavy atom. The van der Waals surface area contributed by atoms with Gasteiger partial charge in [-0.25, -0.2) is 4.39 Å². The van der Waals surface area contributed by atoms with Crippen molar-refractivity contribution in [3.8, 4) is 0 Å². The molecule has 1 aliphatic heterocycles. The van der Waals surface area contributed by atoms with Crippen LogP contribution < -0.4 is 0 Å². The van der Waals surface area contributed by atoms with E-state index < -0.39 is 0 Å². The Hall–Kier alpha value is -2.60. The lowest BCUT2D eigenvalue weighted by atomic mass is 9.86. The molecule has 0 bridgehead atoms. The Bertz CT molecular complexity index is 954. The third-order valence-corrected chi connectivity index (χ3v) is 5.85. The molecule has 0 N–H and O–H groups in total. The normalized spacial score (nSPS) is 16.2. The van der Waals surface area contributed by atoms with Crippen LogP contribution in [0, 0.1) is 5.82 Å². The second kappa shape index (κ2) is 7.56. The Morgan fingerprint density at radius 2 is 2.00 bits per heavy atom. The van der Waals surface area contributed by atoms with Crippen molar-refractivity contribution in [1.82, 2.24) is 14.7 Å². The molecule has 1 aliphatic rings. The summed E-state index contributed by atoms with van der Waals surface area (Å²) < 4.78 is 14.8. The first-order valence-corrected chi connectivity index (χ1v) is 9.81. The highest BCUT2D eigenvalue weighted by atomic mass is 32.2. The molecule has 4 nitrogen and oxygen atoms in total. The van der Waals surface area contributed by atoms with E-state index in [2.05, 4.69) is 17.2 Å². The molecule has 0 fully saturated rings. The van der Waals surface area contributed by atoms with Crippen LogP contribution in [0.4, 0.5) is 4.39 Å². The van der Waals surface area contributed by atoms with Gasteiger partial charge in [0.2, 0.25) is 5.91 Å². The summed E-state index contributed by atoms with van der Waals surface area (Å²) in [6, 6.07) is 14.5. The fourth-order valence-corrected chi connectivity index (χ4v) is 4.27. The van der Waals surface area contributed by atoms with Crippen molar-refractivity contribution in [2.24, 2.45) is 7.05 Å². The Kier molecular flexibility index (Phi) is 4.99. The number of hydrogen-bond acceptors (Lipinski definition) is 3. The maximum Gasteiger partial charge on any atom is 0.233 e. The van der Waals surface area contributed by atoms with Gasteiger partial charge in [-0.2, -0.15) is 5.10 Å². The van der Waals surface area contributed by atoms with E-state index in [1.54, 1.807) is 16.8 Å². The van der Waals surface area contributed by atoms with Gasteiger partial charge >= 0.3 is 0 Å². The molecule has 1 amide bonds. The van der Waals surface area contributed by atoms with Crippen molar-refractivity contribution < 1.29 is 9.18 Å². The molecule has 27 heavy (non-hydrogen) atoms. The summed E-state index contributed by atoms with van der Waals surface area (Å²) in [6.07, 6.45) is 3.89. The Balaban J connectivity index is 1.51. The molecule has 3 aromatic rings. The number of amides is 1. The van der Waals surface area contributed by atoms with E-state index in [0.717, 1.165) is 10.5 Å². The third-order valence-electron chi connectivity index (χ3n) is 4.85. The molecule has 0 unspecified atom stereocenters. The van der Waals surface area contributed by atoms with E-state index in [0.29, 0.717) is 18.8 Å². The molecule has 0 radical (unpaired) electrons. The summed E-state index contributed by atoms with van der Waals surface area (Å²) in [5.74, 6) is 0.293. The van der Waals surface area contributed by atoms with Crippen LogP contribution in [0.2, 0.25) is 0 Å². The molecule has 6 heteroatoms. The van der Waals surface area contributed by atoms with Crippen LogP contribution in [0.5, 0.6) is 0 Å². The van der Waals surface area contributed by atoms with Crippen LogP contribution in [-0.4, -0.2) is 32.9 Å². The Labute approximate surface area is 162 Å².